The van der Waals surface area contributed by atoms with Gasteiger partial charge in [0.05, 0.1) is 0 Å². The average molecular weight is 362 g/mol. The predicted octanol–water partition coefficient (Wildman–Crippen LogP) is 1.05. The summed E-state index contributed by atoms with van der Waals surface area (Å²) < 4.78 is 10.9. The lowest BCUT2D eigenvalue weighted by Crippen LogP contribution is -3.27. The van der Waals surface area contributed by atoms with Crippen molar-refractivity contribution in [2.24, 2.45) is 0 Å². The van der Waals surface area contributed by atoms with E-state index in [0.29, 0.717) is 6.79 Å². The molecule has 3 aromatic carbocycles. The molecule has 1 fully saturated rings. The first-order valence-corrected chi connectivity index (χ1v) is 9.87. The van der Waals surface area contributed by atoms with Crippen molar-refractivity contribution in [1.82, 2.24) is 0 Å². The van der Waals surface area contributed by atoms with Crippen LogP contribution in [0.3, 0.4) is 0 Å². The first-order chi connectivity index (χ1) is 13.3. The molecule has 0 spiro atoms. The zero-order valence-electron chi connectivity index (χ0n) is 15.5. The fourth-order valence-corrected chi connectivity index (χ4v) is 4.37. The topological polar surface area (TPSA) is 27.3 Å². The third kappa shape index (κ3) is 3.51. The standard InChI is InChI=1S/C23H24N2O2/c1-2-7-21-19(4-1)5-3-6-20(21)16-25-12-10-24(11-13-25)15-18-8-9-22-23(14-18)27-17-26-22/h1-9,14H,10-13,15-17H2/p+2. The molecular formula is C23H26N2O2+2. The molecule has 5 rings (SSSR count). The SMILES string of the molecule is c1ccc2c(C[NH+]3CC[NH+](Cc4ccc5c(c4)OCO5)CC3)cccc2c1. The minimum atomic E-state index is 0.349. The maximum Gasteiger partial charge on any atom is 0.231 e. The van der Waals surface area contributed by atoms with E-state index in [1.807, 2.05) is 6.07 Å². The third-order valence-electron chi connectivity index (χ3n) is 5.88. The van der Waals surface area contributed by atoms with Crippen molar-refractivity contribution in [1.29, 1.82) is 0 Å². The van der Waals surface area contributed by atoms with Crippen LogP contribution in [-0.4, -0.2) is 33.0 Å². The molecule has 4 nitrogen and oxygen atoms in total. The van der Waals surface area contributed by atoms with Gasteiger partial charge >= 0.3 is 0 Å². The number of fused-ring (bicyclic) bond motifs is 2. The van der Waals surface area contributed by atoms with Gasteiger partial charge in [0.25, 0.3) is 0 Å². The van der Waals surface area contributed by atoms with Crippen LogP contribution >= 0.6 is 0 Å². The Labute approximate surface area is 159 Å². The summed E-state index contributed by atoms with van der Waals surface area (Å²) in [6.07, 6.45) is 0. The molecule has 0 aromatic heterocycles. The molecule has 0 radical (unpaired) electrons. The van der Waals surface area contributed by atoms with Gasteiger partial charge in [0.1, 0.15) is 39.3 Å². The quantitative estimate of drug-likeness (QED) is 0.726. The van der Waals surface area contributed by atoms with Gasteiger partial charge in [-0.05, 0) is 29.0 Å². The van der Waals surface area contributed by atoms with Crippen LogP contribution in [-0.2, 0) is 13.1 Å². The summed E-state index contributed by atoms with van der Waals surface area (Å²) in [5.74, 6) is 1.77. The van der Waals surface area contributed by atoms with Gasteiger partial charge in [0, 0.05) is 11.1 Å². The smallest absolute Gasteiger partial charge is 0.231 e. The lowest BCUT2D eigenvalue weighted by Gasteiger charge is -2.30. The summed E-state index contributed by atoms with van der Waals surface area (Å²) in [6.45, 7) is 7.42. The number of quaternary nitrogens is 2. The van der Waals surface area contributed by atoms with E-state index in [1.54, 1.807) is 9.80 Å². The molecule has 0 atom stereocenters. The highest BCUT2D eigenvalue weighted by Crippen LogP contribution is 2.32. The van der Waals surface area contributed by atoms with Crippen molar-refractivity contribution in [3.8, 4) is 11.5 Å². The van der Waals surface area contributed by atoms with Gasteiger partial charge < -0.3 is 19.3 Å². The van der Waals surface area contributed by atoms with E-state index < -0.39 is 0 Å². The van der Waals surface area contributed by atoms with Gasteiger partial charge in [0.15, 0.2) is 11.5 Å². The highest BCUT2D eigenvalue weighted by molar-refractivity contribution is 5.85. The number of ether oxygens (including phenoxy) is 2. The second kappa shape index (κ2) is 7.22. The molecule has 2 heterocycles. The fraction of sp³-hybridized carbons (Fsp3) is 0.304. The number of hydrogen-bond acceptors (Lipinski definition) is 2. The van der Waals surface area contributed by atoms with Gasteiger partial charge in [0.2, 0.25) is 6.79 Å². The third-order valence-corrected chi connectivity index (χ3v) is 5.88. The van der Waals surface area contributed by atoms with Crippen LogP contribution in [0, 0.1) is 0 Å². The largest absolute Gasteiger partial charge is 0.454 e. The summed E-state index contributed by atoms with van der Waals surface area (Å²) >= 11 is 0. The fourth-order valence-electron chi connectivity index (χ4n) is 4.37. The lowest BCUT2D eigenvalue weighted by molar-refractivity contribution is -1.02. The maximum atomic E-state index is 5.51. The Morgan fingerprint density at radius 3 is 2.33 bits per heavy atom. The summed E-state index contributed by atoms with van der Waals surface area (Å²) in [4.78, 5) is 3.36. The van der Waals surface area contributed by atoms with E-state index in [1.165, 1.54) is 48.1 Å². The molecule has 0 aliphatic carbocycles. The Bertz CT molecular complexity index is 943. The summed E-state index contributed by atoms with van der Waals surface area (Å²) in [6, 6.07) is 21.8. The molecule has 138 valence electrons. The predicted molar refractivity (Wildman–Crippen MR) is 105 cm³/mol. The van der Waals surface area contributed by atoms with Crippen molar-refractivity contribution in [3.05, 3.63) is 71.8 Å². The summed E-state index contributed by atoms with van der Waals surface area (Å²) in [5.41, 5.74) is 2.81. The Balaban J connectivity index is 1.20. The Hall–Kier alpha value is -2.56. The van der Waals surface area contributed by atoms with E-state index in [9.17, 15) is 0 Å². The molecule has 2 aliphatic rings. The number of nitrogens with one attached hydrogen (secondary N) is 2. The van der Waals surface area contributed by atoms with Crippen LogP contribution in [0.15, 0.2) is 60.7 Å². The molecule has 27 heavy (non-hydrogen) atoms. The molecule has 0 amide bonds. The van der Waals surface area contributed by atoms with Crippen molar-refractivity contribution < 1.29 is 19.3 Å². The zero-order valence-corrected chi connectivity index (χ0v) is 15.5. The monoisotopic (exact) mass is 362 g/mol. The minimum Gasteiger partial charge on any atom is -0.454 e. The van der Waals surface area contributed by atoms with Gasteiger partial charge in [-0.25, -0.2) is 0 Å². The summed E-state index contributed by atoms with van der Waals surface area (Å²) in [7, 11) is 0. The second-order valence-corrected chi connectivity index (χ2v) is 7.68. The minimum absolute atomic E-state index is 0.349. The van der Waals surface area contributed by atoms with Crippen molar-refractivity contribution in [2.45, 2.75) is 13.1 Å². The molecule has 4 heteroatoms. The number of rotatable bonds is 4. The average Bonchev–Trinajstić information content (AvgIpc) is 3.18. The number of benzene rings is 3. The van der Waals surface area contributed by atoms with Crippen LogP contribution in [0.1, 0.15) is 11.1 Å². The van der Waals surface area contributed by atoms with Crippen LogP contribution < -0.4 is 19.3 Å². The second-order valence-electron chi connectivity index (χ2n) is 7.68. The molecule has 0 saturated carbocycles. The molecule has 3 aromatic rings. The Morgan fingerprint density at radius 2 is 1.44 bits per heavy atom. The molecular weight excluding hydrogens is 336 g/mol. The van der Waals surface area contributed by atoms with E-state index in [-0.39, 0.29) is 0 Å². The van der Waals surface area contributed by atoms with Crippen molar-refractivity contribution in [3.63, 3.8) is 0 Å². The van der Waals surface area contributed by atoms with E-state index in [4.69, 9.17) is 9.47 Å². The number of hydrogen-bond donors (Lipinski definition) is 2. The van der Waals surface area contributed by atoms with Crippen molar-refractivity contribution in [2.75, 3.05) is 33.0 Å². The normalized spacial score (nSPS) is 21.5. The van der Waals surface area contributed by atoms with Crippen LogP contribution in [0.2, 0.25) is 0 Å². The maximum absolute atomic E-state index is 5.51. The molecule has 1 saturated heterocycles. The zero-order chi connectivity index (χ0) is 18.1. The molecule has 2 aliphatic heterocycles. The van der Waals surface area contributed by atoms with E-state index >= 15 is 0 Å². The van der Waals surface area contributed by atoms with Crippen LogP contribution in [0.25, 0.3) is 10.8 Å². The Kier molecular flexibility index (Phi) is 4.44. The highest BCUT2D eigenvalue weighted by atomic mass is 16.7. The van der Waals surface area contributed by atoms with E-state index in [2.05, 4.69) is 54.6 Å². The summed E-state index contributed by atoms with van der Waals surface area (Å²) in [5, 5.41) is 2.75. The first kappa shape index (κ1) is 16.6. The van der Waals surface area contributed by atoms with Crippen LogP contribution in [0.5, 0.6) is 11.5 Å². The van der Waals surface area contributed by atoms with Gasteiger partial charge in [-0.1, -0.05) is 42.5 Å². The lowest BCUT2D eigenvalue weighted by atomic mass is 10.0. The van der Waals surface area contributed by atoms with Crippen LogP contribution in [0.4, 0.5) is 0 Å². The van der Waals surface area contributed by atoms with Gasteiger partial charge in [-0.3, -0.25) is 0 Å². The van der Waals surface area contributed by atoms with Gasteiger partial charge in [-0.15, -0.1) is 0 Å². The highest BCUT2D eigenvalue weighted by Gasteiger charge is 2.24. The Morgan fingerprint density at radius 1 is 0.704 bits per heavy atom. The number of piperazine rings is 1. The first-order valence-electron chi connectivity index (χ1n) is 9.87. The van der Waals surface area contributed by atoms with Crippen molar-refractivity contribution >= 4 is 10.8 Å². The molecule has 0 bridgehead atoms. The molecule has 2 N–H and O–H groups in total. The molecule has 0 unspecified atom stereocenters. The van der Waals surface area contributed by atoms with Gasteiger partial charge in [-0.2, -0.15) is 0 Å². The van der Waals surface area contributed by atoms with E-state index in [0.717, 1.165) is 24.6 Å².